The van der Waals surface area contributed by atoms with Crippen molar-refractivity contribution in [2.24, 2.45) is 0 Å². The number of hydrogen-bond donors (Lipinski definition) is 1. The van der Waals surface area contributed by atoms with Gasteiger partial charge in [-0.3, -0.25) is 19.8 Å². The van der Waals surface area contributed by atoms with Gasteiger partial charge >= 0.3 is 12.1 Å². The van der Waals surface area contributed by atoms with Crippen LogP contribution in [0.4, 0.5) is 18.9 Å². The van der Waals surface area contributed by atoms with E-state index in [0.717, 1.165) is 28.3 Å². The standard InChI is InChI=1S/C32H32F3N3O5/c1-2-43-30(39)13-9-22-8-10-25-19-36(15-14-24(25)16-22)21-31(40,32(33,34)35)28-20-37(18-23-6-4-3-5-7-23)29-17-26(38(41)42)11-12-27(28)29/h3-8,10-12,16-17,20,40H,2,9,13-15,18-19,21H2,1H3. The molecule has 0 fully saturated rings. The molecule has 0 saturated heterocycles. The number of non-ortho nitro benzene ring substituents is 1. The van der Waals surface area contributed by atoms with Crippen LogP contribution in [0, 0.1) is 10.1 Å². The maximum atomic E-state index is 14.8. The Kier molecular flexibility index (Phi) is 8.57. The van der Waals surface area contributed by atoms with E-state index in [4.69, 9.17) is 4.74 Å². The molecule has 1 N–H and O–H groups in total. The summed E-state index contributed by atoms with van der Waals surface area (Å²) < 4.78 is 51.0. The summed E-state index contributed by atoms with van der Waals surface area (Å²) in [4.78, 5) is 24.2. The van der Waals surface area contributed by atoms with Crippen LogP contribution in [0.25, 0.3) is 10.9 Å². The van der Waals surface area contributed by atoms with E-state index in [-0.39, 0.29) is 47.6 Å². The molecule has 3 aromatic carbocycles. The Bertz CT molecular complexity index is 1640. The SMILES string of the molecule is CCOC(=O)CCc1ccc2c(c1)CCN(CC(O)(c1cn(Cc3ccccc3)c3cc([N+](=O)[O-])ccc13)C(F)(F)F)C2. The quantitative estimate of drug-likeness (QED) is 0.139. The van der Waals surface area contributed by atoms with Gasteiger partial charge < -0.3 is 14.4 Å². The van der Waals surface area contributed by atoms with E-state index in [2.05, 4.69) is 0 Å². The van der Waals surface area contributed by atoms with Gasteiger partial charge in [-0.05, 0) is 48.1 Å². The molecule has 1 aliphatic rings. The van der Waals surface area contributed by atoms with Crippen LogP contribution in [0.15, 0.2) is 72.9 Å². The summed E-state index contributed by atoms with van der Waals surface area (Å²) >= 11 is 0. The Labute approximate surface area is 246 Å². The Morgan fingerprint density at radius 1 is 1.05 bits per heavy atom. The Balaban J connectivity index is 1.45. The molecule has 0 radical (unpaired) electrons. The van der Waals surface area contributed by atoms with E-state index < -0.39 is 23.2 Å². The van der Waals surface area contributed by atoms with Crippen LogP contribution in [-0.2, 0) is 41.1 Å². The van der Waals surface area contributed by atoms with Crippen molar-refractivity contribution in [1.29, 1.82) is 0 Å². The molecule has 0 saturated carbocycles. The van der Waals surface area contributed by atoms with Crippen LogP contribution in [0.3, 0.4) is 0 Å². The van der Waals surface area contributed by atoms with E-state index >= 15 is 0 Å². The molecule has 1 aliphatic heterocycles. The van der Waals surface area contributed by atoms with Crippen LogP contribution in [0.2, 0.25) is 0 Å². The zero-order valence-electron chi connectivity index (χ0n) is 23.6. The summed E-state index contributed by atoms with van der Waals surface area (Å²) in [6.45, 7) is 2.03. The summed E-state index contributed by atoms with van der Waals surface area (Å²) in [7, 11) is 0. The van der Waals surface area contributed by atoms with Crippen molar-refractivity contribution in [2.75, 3.05) is 19.7 Å². The van der Waals surface area contributed by atoms with Crippen LogP contribution >= 0.6 is 0 Å². The van der Waals surface area contributed by atoms with Crippen LogP contribution in [0.1, 0.15) is 41.2 Å². The number of alkyl halides is 3. The zero-order valence-corrected chi connectivity index (χ0v) is 23.6. The molecule has 0 amide bonds. The monoisotopic (exact) mass is 595 g/mol. The molecule has 0 aliphatic carbocycles. The molecule has 1 atom stereocenters. The number of fused-ring (bicyclic) bond motifs is 2. The summed E-state index contributed by atoms with van der Waals surface area (Å²) in [6.07, 6.45) is -2.52. The number of aliphatic hydroxyl groups is 1. The summed E-state index contributed by atoms with van der Waals surface area (Å²) in [5, 5.41) is 23.1. The van der Waals surface area contributed by atoms with Crippen LogP contribution in [0.5, 0.6) is 0 Å². The first-order valence-electron chi connectivity index (χ1n) is 14.1. The lowest BCUT2D eigenvalue weighted by Gasteiger charge is -2.38. The normalized spacial score (nSPS) is 15.2. The largest absolute Gasteiger partial charge is 0.466 e. The fourth-order valence-corrected chi connectivity index (χ4v) is 5.72. The van der Waals surface area contributed by atoms with Gasteiger partial charge in [0.25, 0.3) is 5.69 Å². The number of aromatic nitrogens is 1. The molecule has 11 heteroatoms. The Morgan fingerprint density at radius 2 is 1.81 bits per heavy atom. The zero-order chi connectivity index (χ0) is 30.8. The van der Waals surface area contributed by atoms with Crippen molar-refractivity contribution < 1.29 is 32.7 Å². The third-order valence-electron chi connectivity index (χ3n) is 7.92. The highest BCUT2D eigenvalue weighted by Crippen LogP contribution is 2.44. The highest BCUT2D eigenvalue weighted by atomic mass is 19.4. The number of carbonyl (C=O) groups excluding carboxylic acids is 1. The highest BCUT2D eigenvalue weighted by Gasteiger charge is 2.57. The Hall–Kier alpha value is -4.22. The first-order valence-corrected chi connectivity index (χ1v) is 14.1. The van der Waals surface area contributed by atoms with Crippen molar-refractivity contribution in [3.8, 4) is 0 Å². The maximum Gasteiger partial charge on any atom is 0.422 e. The Morgan fingerprint density at radius 3 is 2.51 bits per heavy atom. The molecule has 1 unspecified atom stereocenters. The lowest BCUT2D eigenvalue weighted by Crippen LogP contribution is -2.52. The van der Waals surface area contributed by atoms with Gasteiger partial charge in [0, 0.05) is 61.9 Å². The second-order valence-electron chi connectivity index (χ2n) is 10.8. The third kappa shape index (κ3) is 6.42. The average Bonchev–Trinajstić information content (AvgIpc) is 3.34. The van der Waals surface area contributed by atoms with E-state index in [1.54, 1.807) is 24.0 Å². The number of nitro benzene ring substituents is 1. The van der Waals surface area contributed by atoms with Crippen molar-refractivity contribution in [3.63, 3.8) is 0 Å². The number of aryl methyl sites for hydroxylation is 1. The van der Waals surface area contributed by atoms with Gasteiger partial charge in [-0.15, -0.1) is 0 Å². The molecule has 4 aromatic rings. The molecule has 5 rings (SSSR count). The molecule has 2 heterocycles. The smallest absolute Gasteiger partial charge is 0.422 e. The second-order valence-corrected chi connectivity index (χ2v) is 10.8. The topological polar surface area (TPSA) is 97.8 Å². The highest BCUT2D eigenvalue weighted by molar-refractivity contribution is 5.87. The van der Waals surface area contributed by atoms with Gasteiger partial charge in [0.05, 0.1) is 17.0 Å². The molecule has 226 valence electrons. The molecule has 8 nitrogen and oxygen atoms in total. The lowest BCUT2D eigenvalue weighted by molar-refractivity contribution is -0.384. The number of β-amino-alcohol motifs (C(OH)–C–C–N with tert-alkyl or cyclic N) is 1. The summed E-state index contributed by atoms with van der Waals surface area (Å²) in [5.41, 5.74) is 0.0000617. The van der Waals surface area contributed by atoms with Gasteiger partial charge in [-0.25, -0.2) is 0 Å². The maximum absolute atomic E-state index is 14.8. The second kappa shape index (κ2) is 12.2. The predicted octanol–water partition coefficient (Wildman–Crippen LogP) is 5.90. The van der Waals surface area contributed by atoms with Crippen LogP contribution in [-0.4, -0.2) is 51.3 Å². The molecular formula is C32H32F3N3O5. The van der Waals surface area contributed by atoms with Crippen molar-refractivity contribution in [3.05, 3.63) is 111 Å². The minimum absolute atomic E-state index is 0.102. The van der Waals surface area contributed by atoms with Gasteiger partial charge in [-0.2, -0.15) is 13.2 Å². The van der Waals surface area contributed by atoms with Crippen LogP contribution < -0.4 is 0 Å². The van der Waals surface area contributed by atoms with Crippen molar-refractivity contribution in [1.82, 2.24) is 9.47 Å². The van der Waals surface area contributed by atoms with Crippen molar-refractivity contribution in [2.45, 2.75) is 51.1 Å². The number of esters is 1. The number of rotatable bonds is 10. The van der Waals surface area contributed by atoms with Crippen molar-refractivity contribution >= 4 is 22.6 Å². The molecule has 0 spiro atoms. The number of nitro groups is 1. The number of benzene rings is 3. The van der Waals surface area contributed by atoms with E-state index in [1.807, 2.05) is 36.4 Å². The average molecular weight is 596 g/mol. The van der Waals surface area contributed by atoms with Gasteiger partial charge in [0.2, 0.25) is 5.60 Å². The number of ether oxygens (including phenoxy) is 1. The molecule has 1 aromatic heterocycles. The number of carbonyl (C=O) groups is 1. The first kappa shape index (κ1) is 30.2. The van der Waals surface area contributed by atoms with Gasteiger partial charge in [0.1, 0.15) is 0 Å². The molecular weight excluding hydrogens is 563 g/mol. The third-order valence-corrected chi connectivity index (χ3v) is 7.92. The fourth-order valence-electron chi connectivity index (χ4n) is 5.72. The minimum atomic E-state index is -5.03. The number of halogens is 3. The summed E-state index contributed by atoms with van der Waals surface area (Å²) in [6, 6.07) is 18.4. The van der Waals surface area contributed by atoms with E-state index in [1.165, 1.54) is 22.9 Å². The predicted molar refractivity (Wildman–Crippen MR) is 154 cm³/mol. The number of hydrogen-bond acceptors (Lipinski definition) is 6. The molecule has 43 heavy (non-hydrogen) atoms. The fraction of sp³-hybridized carbons (Fsp3) is 0.344. The number of nitrogens with zero attached hydrogens (tertiary/aromatic N) is 3. The van der Waals surface area contributed by atoms with Gasteiger partial charge in [0.15, 0.2) is 0 Å². The lowest BCUT2D eigenvalue weighted by atomic mass is 9.90. The van der Waals surface area contributed by atoms with Gasteiger partial charge in [-0.1, -0.05) is 48.5 Å². The first-order chi connectivity index (χ1) is 20.5. The van der Waals surface area contributed by atoms with E-state index in [9.17, 15) is 33.2 Å². The van der Waals surface area contributed by atoms with E-state index in [0.29, 0.717) is 26.0 Å². The molecule has 0 bridgehead atoms. The summed E-state index contributed by atoms with van der Waals surface area (Å²) in [5.74, 6) is -0.280. The minimum Gasteiger partial charge on any atom is -0.466 e.